The van der Waals surface area contributed by atoms with Gasteiger partial charge in [-0.1, -0.05) is 0 Å². The Morgan fingerprint density at radius 1 is 1.44 bits per heavy atom. The molecule has 6 nitrogen and oxygen atoms in total. The van der Waals surface area contributed by atoms with Crippen LogP contribution < -0.4 is 5.32 Å². The van der Waals surface area contributed by atoms with Crippen molar-refractivity contribution in [3.8, 4) is 0 Å². The molecule has 94 valence electrons. The zero-order chi connectivity index (χ0) is 13.5. The number of rotatable bonds is 4. The summed E-state index contributed by atoms with van der Waals surface area (Å²) in [6, 6.07) is -0.972. The van der Waals surface area contributed by atoms with Crippen LogP contribution in [0, 0.1) is 0 Å². The molecule has 0 unspecified atom stereocenters. The molecule has 0 fully saturated rings. The Kier molecular flexibility index (Phi) is 5.04. The van der Waals surface area contributed by atoms with Gasteiger partial charge < -0.3 is 19.5 Å². The largest absolute Gasteiger partial charge is 0.467 e. The molecule has 0 bridgehead atoms. The standard InChI is InChI=1S/C10H19NO5/c1-10(2,3)16-9(13)11-7(6-14-4)8(12)15-5/h7H,6H2,1-5H3,(H,11,13)/t7-/m0/s1/i4D. The summed E-state index contributed by atoms with van der Waals surface area (Å²) in [7, 11) is 0.899. The van der Waals surface area contributed by atoms with Crippen LogP contribution in [0.25, 0.3) is 0 Å². The average molecular weight is 234 g/mol. The number of esters is 1. The summed E-state index contributed by atoms with van der Waals surface area (Å²) in [5, 5.41) is 2.32. The number of nitrogens with one attached hydrogen (secondary N) is 1. The van der Waals surface area contributed by atoms with Crippen LogP contribution >= 0.6 is 0 Å². The lowest BCUT2D eigenvalue weighted by molar-refractivity contribution is -0.144. The van der Waals surface area contributed by atoms with Crippen molar-refractivity contribution in [1.29, 1.82) is 0 Å². The number of hydrogen-bond donors (Lipinski definition) is 1. The fourth-order valence-electron chi connectivity index (χ4n) is 0.879. The van der Waals surface area contributed by atoms with Crippen LogP contribution in [0.1, 0.15) is 22.1 Å². The van der Waals surface area contributed by atoms with Gasteiger partial charge in [-0.2, -0.15) is 0 Å². The Bertz CT molecular complexity index is 264. The molecule has 0 aliphatic heterocycles. The number of carbonyl (C=O) groups is 2. The average Bonchev–Trinajstić information content (AvgIpc) is 2.20. The number of hydrogen-bond acceptors (Lipinski definition) is 5. The molecular weight excluding hydrogens is 214 g/mol. The van der Waals surface area contributed by atoms with E-state index in [2.05, 4.69) is 10.1 Å². The minimum atomic E-state index is -0.972. The number of amides is 1. The predicted octanol–water partition coefficient (Wildman–Crippen LogP) is 0.699. The minimum absolute atomic E-state index is 0.130. The molecule has 0 aromatic heterocycles. The van der Waals surface area contributed by atoms with E-state index in [0.29, 0.717) is 0 Å². The van der Waals surface area contributed by atoms with Gasteiger partial charge in [0.15, 0.2) is 6.04 Å². The Hall–Kier alpha value is -1.30. The smallest absolute Gasteiger partial charge is 0.408 e. The van der Waals surface area contributed by atoms with Gasteiger partial charge in [0.2, 0.25) is 0 Å². The van der Waals surface area contributed by atoms with Crippen LogP contribution in [0.15, 0.2) is 0 Å². The second-order valence-electron chi connectivity index (χ2n) is 4.09. The first kappa shape index (κ1) is 12.8. The topological polar surface area (TPSA) is 73.9 Å². The summed E-state index contributed by atoms with van der Waals surface area (Å²) in [5.41, 5.74) is -0.652. The molecular formula is C10H19NO5. The molecule has 0 saturated heterocycles. The highest BCUT2D eigenvalue weighted by atomic mass is 16.6. The zero-order valence-corrected chi connectivity index (χ0v) is 10.0. The van der Waals surface area contributed by atoms with E-state index in [1.54, 1.807) is 20.8 Å². The summed E-state index contributed by atoms with van der Waals surface area (Å²) in [4.78, 5) is 22.7. The van der Waals surface area contributed by atoms with Crippen molar-refractivity contribution in [3.63, 3.8) is 0 Å². The van der Waals surface area contributed by atoms with E-state index in [1.807, 2.05) is 0 Å². The molecule has 0 saturated carbocycles. The lowest BCUT2D eigenvalue weighted by Gasteiger charge is -2.22. The van der Waals surface area contributed by atoms with Gasteiger partial charge in [-0.05, 0) is 20.8 Å². The number of alkyl carbamates (subject to hydrolysis) is 1. The van der Waals surface area contributed by atoms with E-state index in [-0.39, 0.29) is 13.7 Å². The fraction of sp³-hybridized carbons (Fsp3) is 0.800. The van der Waals surface area contributed by atoms with Crippen LogP contribution in [0.3, 0.4) is 0 Å². The maximum Gasteiger partial charge on any atom is 0.408 e. The van der Waals surface area contributed by atoms with E-state index in [9.17, 15) is 9.59 Å². The lowest BCUT2D eigenvalue weighted by Crippen LogP contribution is -2.46. The molecule has 1 N–H and O–H groups in total. The molecule has 0 rings (SSSR count). The minimum Gasteiger partial charge on any atom is -0.467 e. The molecule has 0 aliphatic carbocycles. The highest BCUT2D eigenvalue weighted by molar-refractivity contribution is 5.81. The third kappa shape index (κ3) is 6.23. The zero-order valence-electron chi connectivity index (χ0n) is 11.0. The molecule has 1 atom stereocenters. The van der Waals surface area contributed by atoms with Crippen molar-refractivity contribution in [2.24, 2.45) is 0 Å². The summed E-state index contributed by atoms with van der Waals surface area (Å²) in [6.07, 6.45) is -0.735. The first-order valence-electron chi connectivity index (χ1n) is 5.45. The third-order valence-corrected chi connectivity index (χ3v) is 1.46. The Morgan fingerprint density at radius 3 is 2.50 bits per heavy atom. The molecule has 1 amide bonds. The van der Waals surface area contributed by atoms with Crippen molar-refractivity contribution < 1.29 is 25.2 Å². The van der Waals surface area contributed by atoms with Gasteiger partial charge in [-0.15, -0.1) is 0 Å². The van der Waals surface area contributed by atoms with Crippen LogP contribution in [0.2, 0.25) is 0 Å². The van der Waals surface area contributed by atoms with Gasteiger partial charge in [0.25, 0.3) is 0 Å². The second-order valence-corrected chi connectivity index (χ2v) is 4.09. The van der Waals surface area contributed by atoms with Crippen LogP contribution in [-0.2, 0) is 19.0 Å². The van der Waals surface area contributed by atoms with Crippen molar-refractivity contribution in [3.05, 3.63) is 0 Å². The number of methoxy groups -OCH3 is 2. The molecule has 16 heavy (non-hydrogen) atoms. The number of ether oxygens (including phenoxy) is 3. The van der Waals surface area contributed by atoms with Crippen molar-refractivity contribution >= 4 is 12.1 Å². The Morgan fingerprint density at radius 2 is 2.06 bits per heavy atom. The van der Waals surface area contributed by atoms with Crippen LogP contribution in [-0.4, -0.2) is 44.5 Å². The normalized spacial score (nSPS) is 13.6. The molecule has 0 aliphatic rings. The van der Waals surface area contributed by atoms with Gasteiger partial charge in [0, 0.05) is 7.09 Å². The highest BCUT2D eigenvalue weighted by Crippen LogP contribution is 2.06. The van der Waals surface area contributed by atoms with Gasteiger partial charge in [0.1, 0.15) is 5.60 Å². The fourth-order valence-corrected chi connectivity index (χ4v) is 0.879. The summed E-state index contributed by atoms with van der Waals surface area (Å²) >= 11 is 0. The van der Waals surface area contributed by atoms with Crippen LogP contribution in [0.4, 0.5) is 4.79 Å². The summed E-state index contributed by atoms with van der Waals surface area (Å²) in [6.45, 7) is 5.00. The summed E-state index contributed by atoms with van der Waals surface area (Å²) < 4.78 is 21.0. The Labute approximate surface area is 96.6 Å². The number of carbonyl (C=O) groups excluding carboxylic acids is 2. The van der Waals surface area contributed by atoms with Crippen molar-refractivity contribution in [2.45, 2.75) is 32.4 Å². The molecule has 0 heterocycles. The van der Waals surface area contributed by atoms with Gasteiger partial charge >= 0.3 is 12.1 Å². The monoisotopic (exact) mass is 234 g/mol. The highest BCUT2D eigenvalue weighted by Gasteiger charge is 2.24. The SMILES string of the molecule is [2H]COC[C@H](NC(=O)OC(C)(C)C)C(=O)OC. The molecule has 0 aromatic rings. The maximum atomic E-state index is 11.4. The first-order chi connectivity index (χ1) is 7.80. The van der Waals surface area contributed by atoms with Crippen molar-refractivity contribution in [2.75, 3.05) is 20.8 Å². The third-order valence-electron chi connectivity index (χ3n) is 1.46. The lowest BCUT2D eigenvalue weighted by atomic mass is 10.2. The van der Waals surface area contributed by atoms with E-state index in [0.717, 1.165) is 0 Å². The van der Waals surface area contributed by atoms with E-state index in [4.69, 9.17) is 10.8 Å². The van der Waals surface area contributed by atoms with Crippen LogP contribution in [0.5, 0.6) is 0 Å². The molecule has 6 heteroatoms. The summed E-state index contributed by atoms with van der Waals surface area (Å²) in [5.74, 6) is -0.649. The molecule has 0 spiro atoms. The molecule has 0 radical (unpaired) electrons. The van der Waals surface area contributed by atoms with Crippen molar-refractivity contribution in [1.82, 2.24) is 5.32 Å². The molecule has 0 aromatic carbocycles. The first-order valence-corrected chi connectivity index (χ1v) is 4.74. The second kappa shape index (κ2) is 6.32. The van der Waals surface area contributed by atoms with Gasteiger partial charge in [-0.3, -0.25) is 0 Å². The predicted molar refractivity (Wildman–Crippen MR) is 57.0 cm³/mol. The van der Waals surface area contributed by atoms with E-state index in [1.165, 1.54) is 7.11 Å². The van der Waals surface area contributed by atoms with Gasteiger partial charge in [-0.25, -0.2) is 9.59 Å². The maximum absolute atomic E-state index is 11.4. The van der Waals surface area contributed by atoms with Gasteiger partial charge in [0.05, 0.1) is 15.1 Å². The Balaban J connectivity index is 4.32. The van der Waals surface area contributed by atoms with E-state index >= 15 is 0 Å². The quantitative estimate of drug-likeness (QED) is 0.725. The van der Waals surface area contributed by atoms with E-state index < -0.39 is 23.7 Å².